The fourth-order valence-electron chi connectivity index (χ4n) is 0.891. The van der Waals surface area contributed by atoms with Crippen molar-refractivity contribution in [1.29, 1.82) is 0 Å². The van der Waals surface area contributed by atoms with Crippen molar-refractivity contribution in [2.75, 3.05) is 7.02 Å². The second kappa shape index (κ2) is 3.30. The topological polar surface area (TPSA) is 82.5 Å². The molecule has 0 saturated carbocycles. The molecule has 0 fully saturated rings. The molecule has 1 heterocycles. The number of aromatic nitrogens is 1. The monoisotopic (exact) mass is 184 g/mol. The lowest BCUT2D eigenvalue weighted by Gasteiger charge is -2.04. The van der Waals surface area contributed by atoms with Gasteiger partial charge in [0.15, 0.2) is 17.2 Å². The molecule has 1 aromatic rings. The van der Waals surface area contributed by atoms with E-state index in [9.17, 15) is 15.0 Å². The van der Waals surface area contributed by atoms with Gasteiger partial charge in [-0.15, -0.1) is 0 Å². The van der Waals surface area contributed by atoms with Crippen LogP contribution < -0.4 is 5.32 Å². The number of carbonyl (C=O) groups excluding carboxylic acids is 1. The molecular weight excluding hydrogens is 172 g/mol. The van der Waals surface area contributed by atoms with E-state index in [-0.39, 0.29) is 12.7 Å². The third kappa shape index (κ3) is 1.69. The van der Waals surface area contributed by atoms with Gasteiger partial charge in [0, 0.05) is 20.2 Å². The van der Waals surface area contributed by atoms with Crippen LogP contribution in [-0.4, -0.2) is 28.1 Å². The summed E-state index contributed by atoms with van der Waals surface area (Å²) in [7, 11) is -0.311. The van der Waals surface area contributed by atoms with Crippen LogP contribution in [0.1, 0.15) is 17.6 Å². The van der Waals surface area contributed by atoms with Crippen molar-refractivity contribution in [1.82, 2.24) is 10.3 Å². The Morgan fingerprint density at radius 2 is 2.38 bits per heavy atom. The number of aromatic hydroxyl groups is 2. The molecule has 5 heteroatoms. The van der Waals surface area contributed by atoms with Crippen LogP contribution in [-0.2, 0) is 0 Å². The van der Waals surface area contributed by atoms with Gasteiger partial charge in [0.05, 0.1) is 0 Å². The normalized spacial score (nSPS) is 10.7. The Balaban J connectivity index is 3.13. The third-order valence-electron chi connectivity index (χ3n) is 1.48. The first-order valence-corrected chi connectivity index (χ1v) is 3.53. The number of amides is 1. The summed E-state index contributed by atoms with van der Waals surface area (Å²) in [5.74, 6) is -1.65. The molecule has 0 radical (unpaired) electrons. The maximum absolute atomic E-state index is 11.2. The lowest BCUT2D eigenvalue weighted by molar-refractivity contribution is 0.0954. The minimum Gasteiger partial charge on any atom is -0.504 e. The Morgan fingerprint density at radius 3 is 3.00 bits per heavy atom. The van der Waals surface area contributed by atoms with Crippen LogP contribution >= 0.6 is 0 Å². The summed E-state index contributed by atoms with van der Waals surface area (Å²) >= 11 is 0. The van der Waals surface area contributed by atoms with E-state index >= 15 is 0 Å². The van der Waals surface area contributed by atoms with Crippen LogP contribution in [0.3, 0.4) is 0 Å². The quantitative estimate of drug-likeness (QED) is 0.580. The highest BCUT2D eigenvalue weighted by Gasteiger charge is 2.15. The Hall–Kier alpha value is -1.78. The van der Waals surface area contributed by atoms with Crippen molar-refractivity contribution < 1.29 is 16.4 Å². The van der Waals surface area contributed by atoms with Crippen molar-refractivity contribution in [2.45, 2.75) is 6.92 Å². The smallest absolute Gasteiger partial charge is 0.273 e. The number of aryl methyl sites for hydroxylation is 1. The molecule has 0 aliphatic heterocycles. The van der Waals surface area contributed by atoms with E-state index in [1.807, 2.05) is 0 Å². The third-order valence-corrected chi connectivity index (χ3v) is 1.48. The van der Waals surface area contributed by atoms with Crippen LogP contribution in [0.4, 0.5) is 0 Å². The first-order valence-electron chi connectivity index (χ1n) is 4.24. The number of rotatable bonds is 1. The molecule has 1 rings (SSSR count). The fraction of sp³-hybridized carbons (Fsp3) is 0.250. The SMILES string of the molecule is [3H]CNC(=O)c1nc(C)cc(O)c1O. The zero-order chi connectivity index (χ0) is 10.7. The van der Waals surface area contributed by atoms with Gasteiger partial charge in [-0.2, -0.15) is 0 Å². The van der Waals surface area contributed by atoms with Crippen molar-refractivity contribution in [3.05, 3.63) is 17.5 Å². The molecule has 0 aromatic carbocycles. The minimum absolute atomic E-state index is 0.269. The molecule has 3 N–H and O–H groups in total. The summed E-state index contributed by atoms with van der Waals surface area (Å²) < 4.78 is 6.76. The van der Waals surface area contributed by atoms with Gasteiger partial charge in [0.25, 0.3) is 5.91 Å². The van der Waals surface area contributed by atoms with Gasteiger partial charge in [0.1, 0.15) is 0 Å². The second-order valence-electron chi connectivity index (χ2n) is 2.49. The van der Waals surface area contributed by atoms with Gasteiger partial charge in [-0.05, 0) is 6.92 Å². The predicted molar refractivity (Wildman–Crippen MR) is 45.7 cm³/mol. The molecular formula is C8H10N2O3. The molecule has 1 amide bonds. The number of hydrogen-bond acceptors (Lipinski definition) is 4. The summed E-state index contributed by atoms with van der Waals surface area (Å²) in [6.45, 7) is 1.58. The van der Waals surface area contributed by atoms with Crippen molar-refractivity contribution in [3.63, 3.8) is 0 Å². The molecule has 0 saturated heterocycles. The van der Waals surface area contributed by atoms with Crippen LogP contribution in [0.15, 0.2) is 6.07 Å². The number of nitrogens with zero attached hydrogens (tertiary/aromatic N) is 1. The predicted octanol–water partition coefficient (Wildman–Crippen LogP) is 0.161. The number of pyridine rings is 1. The highest BCUT2D eigenvalue weighted by molar-refractivity contribution is 5.95. The molecule has 5 nitrogen and oxygen atoms in total. The van der Waals surface area contributed by atoms with E-state index in [1.165, 1.54) is 6.07 Å². The summed E-state index contributed by atoms with van der Waals surface area (Å²) in [5.41, 5.74) is 0.144. The van der Waals surface area contributed by atoms with Crippen molar-refractivity contribution >= 4 is 5.91 Å². The van der Waals surface area contributed by atoms with E-state index < -0.39 is 17.4 Å². The minimum atomic E-state index is -0.684. The van der Waals surface area contributed by atoms with E-state index in [0.717, 1.165) is 0 Å². The molecule has 70 valence electrons. The summed E-state index contributed by atoms with van der Waals surface area (Å²) in [6.07, 6.45) is 0. The Bertz CT molecular complexity index is 368. The van der Waals surface area contributed by atoms with Crippen LogP contribution in [0, 0.1) is 6.92 Å². The standard InChI is InChI=1S/C8H10N2O3/c1-4-3-5(11)7(12)6(10-4)8(13)9-2/h3,12H,1-2H3,(H,9,13)(H,10,11)/i2T. The maximum Gasteiger partial charge on any atom is 0.273 e. The highest BCUT2D eigenvalue weighted by Crippen LogP contribution is 2.27. The average Bonchev–Trinajstić information content (AvgIpc) is 2.11. The molecule has 13 heavy (non-hydrogen) atoms. The molecule has 1 aromatic heterocycles. The maximum atomic E-state index is 11.2. The van der Waals surface area contributed by atoms with Gasteiger partial charge >= 0.3 is 0 Å². The summed E-state index contributed by atoms with van der Waals surface area (Å²) in [5, 5.41) is 20.6. The van der Waals surface area contributed by atoms with Crippen molar-refractivity contribution in [2.24, 2.45) is 0 Å². The largest absolute Gasteiger partial charge is 0.504 e. The first-order chi connectivity index (χ1) is 6.56. The number of nitrogens with one attached hydrogen (secondary N) is 1. The average molecular weight is 184 g/mol. The van der Waals surface area contributed by atoms with E-state index in [1.54, 1.807) is 6.92 Å². The van der Waals surface area contributed by atoms with Gasteiger partial charge in [-0.25, -0.2) is 4.98 Å². The second-order valence-corrected chi connectivity index (χ2v) is 2.49. The van der Waals surface area contributed by atoms with E-state index in [0.29, 0.717) is 5.69 Å². The van der Waals surface area contributed by atoms with Crippen LogP contribution in [0.5, 0.6) is 11.5 Å². The Morgan fingerprint density at radius 1 is 1.69 bits per heavy atom. The van der Waals surface area contributed by atoms with Crippen molar-refractivity contribution in [3.8, 4) is 11.5 Å². The Kier molecular flexibility index (Phi) is 1.99. The van der Waals surface area contributed by atoms with E-state index in [4.69, 9.17) is 1.37 Å². The summed E-state index contributed by atoms with van der Waals surface area (Å²) in [4.78, 5) is 15.0. The Labute approximate surface area is 76.5 Å². The molecule has 0 atom stereocenters. The van der Waals surface area contributed by atoms with Gasteiger partial charge in [0.2, 0.25) is 0 Å². The van der Waals surface area contributed by atoms with E-state index in [2.05, 4.69) is 10.3 Å². The molecule has 0 spiro atoms. The highest BCUT2D eigenvalue weighted by atomic mass is 16.3. The zero-order valence-corrected chi connectivity index (χ0v) is 7.03. The number of carbonyl (C=O) groups is 1. The fourth-order valence-corrected chi connectivity index (χ4v) is 0.891. The molecule has 0 unspecified atom stereocenters. The molecule has 0 bridgehead atoms. The lowest BCUT2D eigenvalue weighted by atomic mass is 10.2. The summed E-state index contributed by atoms with van der Waals surface area (Å²) in [6, 6.07) is 1.24. The van der Waals surface area contributed by atoms with Gasteiger partial charge in [-0.1, -0.05) is 0 Å². The van der Waals surface area contributed by atoms with Crippen LogP contribution in [0.2, 0.25) is 0 Å². The lowest BCUT2D eigenvalue weighted by Crippen LogP contribution is -2.19. The molecule has 0 aliphatic carbocycles. The van der Waals surface area contributed by atoms with Gasteiger partial charge in [-0.3, -0.25) is 4.79 Å². The zero-order valence-electron chi connectivity index (χ0n) is 8.03. The first kappa shape index (κ1) is 7.85. The molecule has 0 aliphatic rings. The van der Waals surface area contributed by atoms with Crippen LogP contribution in [0.25, 0.3) is 0 Å². The number of hydrogen-bond donors (Lipinski definition) is 3. The van der Waals surface area contributed by atoms with Gasteiger partial charge < -0.3 is 15.5 Å².